The summed E-state index contributed by atoms with van der Waals surface area (Å²) < 4.78 is 5.64. The minimum atomic E-state index is 0.736. The summed E-state index contributed by atoms with van der Waals surface area (Å²) in [4.78, 5) is 4.37. The first-order chi connectivity index (χ1) is 9.24. The molecule has 0 unspecified atom stereocenters. The largest absolute Gasteiger partial charge is 0.494 e. The summed E-state index contributed by atoms with van der Waals surface area (Å²) in [6, 6.07) is 9.92. The molecule has 0 saturated heterocycles. The predicted octanol–water partition coefficient (Wildman–Crippen LogP) is 5.26. The van der Waals surface area contributed by atoms with Crippen LogP contribution < -0.4 is 4.74 Å². The lowest BCUT2D eigenvalue weighted by molar-refractivity contribution is 0.310. The first-order valence-electron chi connectivity index (χ1n) is 7.07. The molecule has 0 aliphatic heterocycles. The average Bonchev–Trinajstić information content (AvgIpc) is 2.45. The standard InChI is InChI=1S/C15H21NO.C2H6/c1-4-16-15(13(2)3)11-8-12-17-14-9-6-5-7-10-14;1-2/h4-7,9-10H,8,11-12H2,1-3H3;1-2H3. The molecule has 19 heavy (non-hydrogen) atoms. The molecule has 0 amide bonds. The quantitative estimate of drug-likeness (QED) is 0.506. The molecular formula is C17H27NO. The van der Waals surface area contributed by atoms with E-state index in [2.05, 4.69) is 18.8 Å². The lowest BCUT2D eigenvalue weighted by Crippen LogP contribution is -1.98. The molecule has 2 nitrogen and oxygen atoms in total. The van der Waals surface area contributed by atoms with E-state index in [1.807, 2.05) is 57.3 Å². The fraction of sp³-hybridized carbons (Fsp3) is 0.471. The zero-order valence-corrected chi connectivity index (χ0v) is 12.9. The molecule has 2 heteroatoms. The number of para-hydroxylation sites is 1. The van der Waals surface area contributed by atoms with Crippen molar-refractivity contribution in [3.8, 4) is 5.75 Å². The summed E-state index contributed by atoms with van der Waals surface area (Å²) in [5.74, 6) is 0.935. The normalized spacial score (nSPS) is 9.74. The summed E-state index contributed by atoms with van der Waals surface area (Å²) in [7, 11) is 0. The number of hydrogen-bond acceptors (Lipinski definition) is 2. The van der Waals surface area contributed by atoms with Gasteiger partial charge in [-0.2, -0.15) is 0 Å². The molecule has 0 aliphatic carbocycles. The third-order valence-electron chi connectivity index (χ3n) is 2.43. The van der Waals surface area contributed by atoms with Crippen LogP contribution >= 0.6 is 0 Å². The first kappa shape index (κ1) is 17.4. The molecule has 1 aromatic rings. The molecule has 0 fully saturated rings. The van der Waals surface area contributed by atoms with Gasteiger partial charge < -0.3 is 4.74 Å². The van der Waals surface area contributed by atoms with Crippen LogP contribution in [0.25, 0.3) is 0 Å². The van der Waals surface area contributed by atoms with E-state index in [1.165, 1.54) is 11.3 Å². The zero-order valence-electron chi connectivity index (χ0n) is 12.9. The summed E-state index contributed by atoms with van der Waals surface area (Å²) in [6.45, 7) is 10.9. The molecule has 0 heterocycles. The monoisotopic (exact) mass is 261 g/mol. The van der Waals surface area contributed by atoms with Gasteiger partial charge in [-0.15, -0.1) is 0 Å². The van der Waals surface area contributed by atoms with Crippen molar-refractivity contribution in [1.29, 1.82) is 0 Å². The molecule has 0 bridgehead atoms. The number of aliphatic imine (C=N–C) groups is 1. The van der Waals surface area contributed by atoms with Crippen molar-refractivity contribution in [2.24, 2.45) is 4.99 Å². The van der Waals surface area contributed by atoms with E-state index in [4.69, 9.17) is 4.74 Å². The van der Waals surface area contributed by atoms with Gasteiger partial charge in [0.2, 0.25) is 0 Å². The van der Waals surface area contributed by atoms with E-state index in [9.17, 15) is 0 Å². The van der Waals surface area contributed by atoms with Crippen LogP contribution in [0.5, 0.6) is 5.75 Å². The summed E-state index contributed by atoms with van der Waals surface area (Å²) in [5, 5.41) is 0. The highest BCUT2D eigenvalue weighted by Crippen LogP contribution is 2.13. The molecule has 0 saturated carbocycles. The number of allylic oxidation sites excluding steroid dienone is 2. The Hall–Kier alpha value is -1.57. The van der Waals surface area contributed by atoms with E-state index >= 15 is 0 Å². The number of hydrogen-bond donors (Lipinski definition) is 0. The van der Waals surface area contributed by atoms with Crippen LogP contribution in [0.2, 0.25) is 0 Å². The molecule has 106 valence electrons. The highest BCUT2D eigenvalue weighted by atomic mass is 16.5. The fourth-order valence-electron chi connectivity index (χ4n) is 1.55. The van der Waals surface area contributed by atoms with Crippen LogP contribution in [0.15, 0.2) is 46.6 Å². The van der Waals surface area contributed by atoms with Crippen molar-refractivity contribution in [2.45, 2.75) is 47.5 Å². The molecule has 1 rings (SSSR count). The Morgan fingerprint density at radius 1 is 1.16 bits per heavy atom. The van der Waals surface area contributed by atoms with Gasteiger partial charge in [-0.3, -0.25) is 4.99 Å². The van der Waals surface area contributed by atoms with Crippen molar-refractivity contribution < 1.29 is 4.74 Å². The summed E-state index contributed by atoms with van der Waals surface area (Å²) in [5.41, 5.74) is 2.45. The third kappa shape index (κ3) is 8.20. The summed E-state index contributed by atoms with van der Waals surface area (Å²) in [6.07, 6.45) is 3.81. The second-order valence-electron chi connectivity index (χ2n) is 4.10. The van der Waals surface area contributed by atoms with Gasteiger partial charge in [0.1, 0.15) is 5.75 Å². The topological polar surface area (TPSA) is 21.6 Å². The maximum Gasteiger partial charge on any atom is 0.119 e. The number of rotatable bonds is 6. The molecule has 0 aromatic heterocycles. The van der Waals surface area contributed by atoms with E-state index < -0.39 is 0 Å². The predicted molar refractivity (Wildman–Crippen MR) is 85.1 cm³/mol. The molecule has 0 spiro atoms. The number of ether oxygens (including phenoxy) is 1. The van der Waals surface area contributed by atoms with Crippen molar-refractivity contribution >= 4 is 6.21 Å². The lowest BCUT2D eigenvalue weighted by Gasteiger charge is -2.07. The maximum atomic E-state index is 5.64. The Morgan fingerprint density at radius 2 is 1.79 bits per heavy atom. The lowest BCUT2D eigenvalue weighted by atomic mass is 10.2. The second kappa shape index (κ2) is 11.5. The highest BCUT2D eigenvalue weighted by Gasteiger charge is 1.98. The van der Waals surface area contributed by atoms with Crippen LogP contribution in [0.1, 0.15) is 47.5 Å². The smallest absolute Gasteiger partial charge is 0.119 e. The Labute approximate surface area is 118 Å². The van der Waals surface area contributed by atoms with Crippen molar-refractivity contribution in [2.75, 3.05) is 6.61 Å². The number of nitrogens with zero attached hydrogens (tertiary/aromatic N) is 1. The van der Waals surface area contributed by atoms with Gasteiger partial charge in [0.15, 0.2) is 0 Å². The maximum absolute atomic E-state index is 5.64. The highest BCUT2D eigenvalue weighted by molar-refractivity contribution is 5.55. The van der Waals surface area contributed by atoms with E-state index in [0.29, 0.717) is 0 Å². The van der Waals surface area contributed by atoms with Crippen LogP contribution in [0.4, 0.5) is 0 Å². The zero-order chi connectivity index (χ0) is 14.5. The Balaban J connectivity index is 0.00000154. The van der Waals surface area contributed by atoms with Gasteiger partial charge in [-0.1, -0.05) is 37.6 Å². The van der Waals surface area contributed by atoms with Crippen LogP contribution in [0.3, 0.4) is 0 Å². The molecule has 0 radical (unpaired) electrons. The minimum absolute atomic E-state index is 0.736. The fourth-order valence-corrected chi connectivity index (χ4v) is 1.55. The Morgan fingerprint density at radius 3 is 2.32 bits per heavy atom. The van der Waals surface area contributed by atoms with Gasteiger partial charge in [-0.25, -0.2) is 0 Å². The van der Waals surface area contributed by atoms with Crippen molar-refractivity contribution in [1.82, 2.24) is 0 Å². The average molecular weight is 261 g/mol. The van der Waals surface area contributed by atoms with Gasteiger partial charge in [0.05, 0.1) is 6.61 Å². The van der Waals surface area contributed by atoms with Crippen molar-refractivity contribution in [3.05, 3.63) is 41.6 Å². The molecule has 1 aromatic carbocycles. The minimum Gasteiger partial charge on any atom is -0.494 e. The third-order valence-corrected chi connectivity index (χ3v) is 2.43. The molecule has 0 aliphatic rings. The van der Waals surface area contributed by atoms with E-state index in [-0.39, 0.29) is 0 Å². The summed E-state index contributed by atoms with van der Waals surface area (Å²) >= 11 is 0. The van der Waals surface area contributed by atoms with Gasteiger partial charge >= 0.3 is 0 Å². The SMILES string of the molecule is CC.CC=NC(CCCOc1ccccc1)=C(C)C. The Kier molecular flexibility index (Phi) is 10.6. The van der Waals surface area contributed by atoms with Crippen LogP contribution in [-0.4, -0.2) is 12.8 Å². The van der Waals surface area contributed by atoms with Crippen LogP contribution in [-0.2, 0) is 0 Å². The van der Waals surface area contributed by atoms with E-state index in [1.54, 1.807) is 0 Å². The first-order valence-corrected chi connectivity index (χ1v) is 7.07. The molecular weight excluding hydrogens is 234 g/mol. The molecule has 0 atom stereocenters. The van der Waals surface area contributed by atoms with Crippen LogP contribution in [0, 0.1) is 0 Å². The van der Waals surface area contributed by atoms with E-state index in [0.717, 1.165) is 25.2 Å². The van der Waals surface area contributed by atoms with Gasteiger partial charge in [0.25, 0.3) is 0 Å². The molecule has 0 N–H and O–H groups in total. The Bertz CT molecular complexity index is 376. The van der Waals surface area contributed by atoms with Crippen molar-refractivity contribution in [3.63, 3.8) is 0 Å². The number of benzene rings is 1. The second-order valence-corrected chi connectivity index (χ2v) is 4.10. The van der Waals surface area contributed by atoms with Gasteiger partial charge in [0, 0.05) is 11.9 Å². The van der Waals surface area contributed by atoms with Gasteiger partial charge in [-0.05, 0) is 45.7 Å².